The third kappa shape index (κ3) is 2.72. The molecule has 0 amide bonds. The lowest BCUT2D eigenvalue weighted by Gasteiger charge is -2.11. The average molecular weight is 273 g/mol. The third-order valence-corrected chi connectivity index (χ3v) is 2.86. The number of hydrogen-bond acceptors (Lipinski definition) is 3. The molecule has 0 bridgehead atoms. The normalized spacial score (nSPS) is 9.87. The molecule has 0 saturated carbocycles. The first-order valence-corrected chi connectivity index (χ1v) is 5.28. The van der Waals surface area contributed by atoms with Crippen LogP contribution in [0.5, 0.6) is 5.75 Å². The van der Waals surface area contributed by atoms with Gasteiger partial charge in [-0.1, -0.05) is 6.07 Å². The predicted molar refractivity (Wildman–Crippen MR) is 61.2 cm³/mol. The van der Waals surface area contributed by atoms with Gasteiger partial charge in [0.15, 0.2) is 0 Å². The molecular weight excluding hydrogens is 260 g/mol. The van der Waals surface area contributed by atoms with Crippen LogP contribution < -0.4 is 4.74 Å². The topological polar surface area (TPSA) is 35.5 Å². The second-order valence-electron chi connectivity index (χ2n) is 3.12. The molecule has 1 aromatic rings. The van der Waals surface area contributed by atoms with Gasteiger partial charge in [0, 0.05) is 0 Å². The second kappa shape index (κ2) is 5.16. The molecule has 0 radical (unpaired) electrons. The van der Waals surface area contributed by atoms with Gasteiger partial charge < -0.3 is 9.47 Å². The van der Waals surface area contributed by atoms with E-state index in [0.717, 1.165) is 21.3 Å². The van der Waals surface area contributed by atoms with Crippen LogP contribution in [0.25, 0.3) is 0 Å². The van der Waals surface area contributed by atoms with Crippen LogP contribution in [0.2, 0.25) is 0 Å². The molecule has 1 rings (SSSR count). The summed E-state index contributed by atoms with van der Waals surface area (Å²) in [6.45, 7) is 1.92. The van der Waals surface area contributed by atoms with E-state index in [-0.39, 0.29) is 12.4 Å². The summed E-state index contributed by atoms with van der Waals surface area (Å²) in [5, 5.41) is 0. The summed E-state index contributed by atoms with van der Waals surface area (Å²) in [6.07, 6.45) is 0.270. The van der Waals surface area contributed by atoms with Crippen LogP contribution in [0.1, 0.15) is 11.1 Å². The van der Waals surface area contributed by atoms with E-state index < -0.39 is 0 Å². The summed E-state index contributed by atoms with van der Waals surface area (Å²) in [5.41, 5.74) is 1.87. The predicted octanol–water partition coefficient (Wildman–Crippen LogP) is 2.48. The summed E-state index contributed by atoms with van der Waals surface area (Å²) in [7, 11) is 2.99. The number of benzene rings is 1. The van der Waals surface area contributed by atoms with Crippen molar-refractivity contribution in [2.24, 2.45) is 0 Å². The van der Waals surface area contributed by atoms with Crippen LogP contribution in [-0.4, -0.2) is 20.2 Å². The fraction of sp³-hybridized carbons (Fsp3) is 0.364. The van der Waals surface area contributed by atoms with Crippen LogP contribution in [0.4, 0.5) is 0 Å². The van der Waals surface area contributed by atoms with Crippen molar-refractivity contribution in [3.63, 3.8) is 0 Å². The Morgan fingerprint density at radius 1 is 1.40 bits per heavy atom. The van der Waals surface area contributed by atoms with E-state index in [1.165, 1.54) is 7.11 Å². The van der Waals surface area contributed by atoms with Crippen molar-refractivity contribution < 1.29 is 14.3 Å². The average Bonchev–Trinajstić information content (AvgIpc) is 2.23. The van der Waals surface area contributed by atoms with Crippen molar-refractivity contribution in [3.8, 4) is 5.75 Å². The molecule has 0 fully saturated rings. The van der Waals surface area contributed by atoms with E-state index in [9.17, 15) is 4.79 Å². The van der Waals surface area contributed by atoms with Crippen molar-refractivity contribution in [1.29, 1.82) is 0 Å². The van der Waals surface area contributed by atoms with Crippen molar-refractivity contribution in [3.05, 3.63) is 27.7 Å². The number of carbonyl (C=O) groups is 1. The number of halogens is 1. The van der Waals surface area contributed by atoms with Gasteiger partial charge in [0.2, 0.25) is 0 Å². The molecule has 82 valence electrons. The van der Waals surface area contributed by atoms with E-state index in [0.29, 0.717) is 0 Å². The van der Waals surface area contributed by atoms with Gasteiger partial charge >= 0.3 is 5.97 Å². The molecule has 0 spiro atoms. The van der Waals surface area contributed by atoms with E-state index in [1.54, 1.807) is 7.11 Å². The standard InChI is InChI=1S/C11H13BrO3/c1-7-8(6-10(13)14-2)4-5-9(12)11(7)15-3/h4-5H,6H2,1-3H3. The number of esters is 1. The minimum atomic E-state index is -0.248. The zero-order valence-electron chi connectivity index (χ0n) is 8.96. The lowest BCUT2D eigenvalue weighted by Crippen LogP contribution is -2.06. The van der Waals surface area contributed by atoms with E-state index in [1.807, 2.05) is 19.1 Å². The first-order chi connectivity index (χ1) is 7.10. The van der Waals surface area contributed by atoms with Crippen molar-refractivity contribution in [2.75, 3.05) is 14.2 Å². The zero-order valence-corrected chi connectivity index (χ0v) is 10.6. The molecule has 1 aromatic carbocycles. The molecule has 0 unspecified atom stereocenters. The lowest BCUT2D eigenvalue weighted by molar-refractivity contribution is -0.139. The molecule has 0 N–H and O–H groups in total. The van der Waals surface area contributed by atoms with Crippen LogP contribution in [0.15, 0.2) is 16.6 Å². The summed E-state index contributed by atoms with van der Waals surface area (Å²) < 4.78 is 10.7. The minimum absolute atomic E-state index is 0.248. The van der Waals surface area contributed by atoms with Crippen molar-refractivity contribution in [2.45, 2.75) is 13.3 Å². The Morgan fingerprint density at radius 3 is 2.60 bits per heavy atom. The smallest absolute Gasteiger partial charge is 0.309 e. The molecule has 0 aliphatic rings. The quantitative estimate of drug-likeness (QED) is 0.794. The van der Waals surface area contributed by atoms with E-state index in [2.05, 4.69) is 20.7 Å². The van der Waals surface area contributed by atoms with Gasteiger partial charge in [0.1, 0.15) is 5.75 Å². The number of methoxy groups -OCH3 is 2. The fourth-order valence-electron chi connectivity index (χ4n) is 1.37. The van der Waals surface area contributed by atoms with Crippen LogP contribution >= 0.6 is 15.9 Å². The number of carbonyl (C=O) groups excluding carboxylic acids is 1. The number of ether oxygens (including phenoxy) is 2. The lowest BCUT2D eigenvalue weighted by atomic mass is 10.1. The Bertz CT molecular complexity index is 374. The summed E-state index contributed by atoms with van der Waals surface area (Å²) >= 11 is 3.38. The molecule has 0 atom stereocenters. The van der Waals surface area contributed by atoms with Gasteiger partial charge in [-0.25, -0.2) is 0 Å². The molecule has 4 heteroatoms. The monoisotopic (exact) mass is 272 g/mol. The zero-order chi connectivity index (χ0) is 11.4. The fourth-order valence-corrected chi connectivity index (χ4v) is 1.96. The van der Waals surface area contributed by atoms with Gasteiger partial charge in [-0.05, 0) is 40.0 Å². The Kier molecular flexibility index (Phi) is 4.15. The van der Waals surface area contributed by atoms with Gasteiger partial charge in [0.25, 0.3) is 0 Å². The Morgan fingerprint density at radius 2 is 2.07 bits per heavy atom. The van der Waals surface area contributed by atoms with Crippen LogP contribution in [-0.2, 0) is 16.0 Å². The third-order valence-electron chi connectivity index (χ3n) is 2.24. The molecule has 0 aliphatic heterocycles. The number of rotatable bonds is 3. The second-order valence-corrected chi connectivity index (χ2v) is 3.97. The highest BCUT2D eigenvalue weighted by Gasteiger charge is 2.11. The van der Waals surface area contributed by atoms with Gasteiger partial charge in [0.05, 0.1) is 25.1 Å². The maximum absolute atomic E-state index is 11.1. The van der Waals surface area contributed by atoms with E-state index in [4.69, 9.17) is 4.74 Å². The Labute approximate surface area is 97.5 Å². The molecule has 0 heterocycles. The van der Waals surface area contributed by atoms with Crippen molar-refractivity contribution >= 4 is 21.9 Å². The summed E-state index contributed by atoms with van der Waals surface area (Å²) in [6, 6.07) is 3.75. The first kappa shape index (κ1) is 12.0. The molecule has 3 nitrogen and oxygen atoms in total. The number of hydrogen-bond donors (Lipinski definition) is 0. The first-order valence-electron chi connectivity index (χ1n) is 4.49. The molecule has 0 saturated heterocycles. The van der Waals surface area contributed by atoms with Gasteiger partial charge in [-0.3, -0.25) is 4.79 Å². The summed E-state index contributed by atoms with van der Waals surface area (Å²) in [5.74, 6) is 0.513. The SMILES string of the molecule is COC(=O)Cc1ccc(Br)c(OC)c1C. The van der Waals surface area contributed by atoms with Crippen LogP contribution in [0, 0.1) is 6.92 Å². The van der Waals surface area contributed by atoms with Crippen molar-refractivity contribution in [1.82, 2.24) is 0 Å². The Hall–Kier alpha value is -1.03. The summed E-state index contributed by atoms with van der Waals surface area (Å²) in [4.78, 5) is 11.1. The maximum Gasteiger partial charge on any atom is 0.309 e. The molecular formula is C11H13BrO3. The van der Waals surface area contributed by atoms with E-state index >= 15 is 0 Å². The highest BCUT2D eigenvalue weighted by Crippen LogP contribution is 2.31. The van der Waals surface area contributed by atoms with Crippen LogP contribution in [0.3, 0.4) is 0 Å². The molecule has 0 aromatic heterocycles. The van der Waals surface area contributed by atoms with Gasteiger partial charge in [-0.2, -0.15) is 0 Å². The Balaban J connectivity index is 3.05. The largest absolute Gasteiger partial charge is 0.495 e. The minimum Gasteiger partial charge on any atom is -0.495 e. The highest BCUT2D eigenvalue weighted by molar-refractivity contribution is 9.10. The molecule has 0 aliphatic carbocycles. The van der Waals surface area contributed by atoms with Gasteiger partial charge in [-0.15, -0.1) is 0 Å². The molecule has 15 heavy (non-hydrogen) atoms. The highest BCUT2D eigenvalue weighted by atomic mass is 79.9. The maximum atomic E-state index is 11.1.